The molecule has 0 aromatic carbocycles. The highest BCUT2D eigenvalue weighted by Crippen LogP contribution is 2.04. The fourth-order valence-electron chi connectivity index (χ4n) is 1.67. The number of aromatic nitrogens is 3. The average molecular weight is 283 g/mol. The second kappa shape index (κ2) is 5.64. The summed E-state index contributed by atoms with van der Waals surface area (Å²) >= 11 is 0. The first-order chi connectivity index (χ1) is 9.00. The lowest BCUT2D eigenvalue weighted by atomic mass is 10.3. The van der Waals surface area contributed by atoms with Crippen LogP contribution in [-0.2, 0) is 16.6 Å². The van der Waals surface area contributed by atoms with E-state index in [9.17, 15) is 8.42 Å². The predicted molar refractivity (Wildman–Crippen MR) is 72.3 cm³/mol. The highest BCUT2D eigenvalue weighted by molar-refractivity contribution is 7.89. The van der Waals surface area contributed by atoms with Crippen molar-refractivity contribution in [3.05, 3.63) is 29.7 Å². The Labute approximate surface area is 112 Å². The molecular weight excluding hydrogens is 266 g/mol. The van der Waals surface area contributed by atoms with Gasteiger partial charge in [0.15, 0.2) is 5.65 Å². The Morgan fingerprint density at radius 2 is 2.21 bits per heavy atom. The molecule has 0 unspecified atom stereocenters. The molecule has 19 heavy (non-hydrogen) atoms. The molecule has 2 aromatic heterocycles. The van der Waals surface area contributed by atoms with Crippen LogP contribution >= 0.6 is 0 Å². The zero-order chi connectivity index (χ0) is 13.9. The summed E-state index contributed by atoms with van der Waals surface area (Å²) in [5, 5.41) is 7.34. The molecule has 0 aliphatic rings. The van der Waals surface area contributed by atoms with Gasteiger partial charge in [0.05, 0.1) is 11.4 Å². The largest absolute Gasteiger partial charge is 0.311 e. The highest BCUT2D eigenvalue weighted by Gasteiger charge is 2.06. The minimum Gasteiger partial charge on any atom is -0.311 e. The van der Waals surface area contributed by atoms with E-state index >= 15 is 0 Å². The first-order valence-corrected chi connectivity index (χ1v) is 7.58. The van der Waals surface area contributed by atoms with E-state index in [2.05, 4.69) is 20.1 Å². The zero-order valence-electron chi connectivity index (χ0n) is 10.9. The number of aryl methyl sites for hydroxylation is 1. The quantitative estimate of drug-likeness (QED) is 0.709. The second-order valence-electron chi connectivity index (χ2n) is 4.25. The molecule has 2 aromatic rings. The molecular formula is C11H17N5O2S. The van der Waals surface area contributed by atoms with Gasteiger partial charge >= 0.3 is 0 Å². The normalized spacial score (nSPS) is 12.1. The molecule has 0 radical (unpaired) electrons. The number of nitrogens with one attached hydrogen (secondary N) is 2. The molecule has 2 rings (SSSR count). The van der Waals surface area contributed by atoms with Crippen molar-refractivity contribution >= 4 is 15.7 Å². The van der Waals surface area contributed by atoms with Crippen LogP contribution in [0.4, 0.5) is 0 Å². The fraction of sp³-hybridized carbons (Fsp3) is 0.455. The molecule has 0 bridgehead atoms. The SMILES string of the molecule is CNS(=O)(=O)CCNCc1cnc2cc(C)nn2c1. The van der Waals surface area contributed by atoms with Crippen LogP contribution in [0.15, 0.2) is 18.5 Å². The number of rotatable bonds is 6. The molecule has 104 valence electrons. The first kappa shape index (κ1) is 13.9. The summed E-state index contributed by atoms with van der Waals surface area (Å²) in [5.74, 6) is 0.0556. The van der Waals surface area contributed by atoms with Gasteiger partial charge in [0.1, 0.15) is 0 Å². The molecule has 0 atom stereocenters. The molecule has 0 saturated carbocycles. The molecule has 8 heteroatoms. The highest BCUT2D eigenvalue weighted by atomic mass is 32.2. The molecule has 7 nitrogen and oxygen atoms in total. The monoisotopic (exact) mass is 283 g/mol. The van der Waals surface area contributed by atoms with Gasteiger partial charge < -0.3 is 5.32 Å². The minimum absolute atomic E-state index is 0.0556. The molecule has 2 N–H and O–H groups in total. The lowest BCUT2D eigenvalue weighted by Gasteiger charge is -2.05. The van der Waals surface area contributed by atoms with E-state index in [0.717, 1.165) is 16.9 Å². The Morgan fingerprint density at radius 3 is 2.95 bits per heavy atom. The van der Waals surface area contributed by atoms with Gasteiger partial charge in [0.2, 0.25) is 10.0 Å². The average Bonchev–Trinajstić information content (AvgIpc) is 2.74. The number of hydrogen-bond acceptors (Lipinski definition) is 5. The van der Waals surface area contributed by atoms with Crippen molar-refractivity contribution in [1.82, 2.24) is 24.6 Å². The summed E-state index contributed by atoms with van der Waals surface area (Å²) < 4.78 is 26.4. The summed E-state index contributed by atoms with van der Waals surface area (Å²) in [5.41, 5.74) is 2.68. The van der Waals surface area contributed by atoms with E-state index in [-0.39, 0.29) is 5.75 Å². The second-order valence-corrected chi connectivity index (χ2v) is 6.30. The summed E-state index contributed by atoms with van der Waals surface area (Å²) in [6.45, 7) is 2.86. The Balaban J connectivity index is 1.91. The van der Waals surface area contributed by atoms with Gasteiger partial charge in [-0.25, -0.2) is 22.6 Å². The molecule has 0 aliphatic carbocycles. The van der Waals surface area contributed by atoms with Crippen LogP contribution in [0.25, 0.3) is 5.65 Å². The zero-order valence-corrected chi connectivity index (χ0v) is 11.7. The topological polar surface area (TPSA) is 88.4 Å². The number of sulfonamides is 1. The van der Waals surface area contributed by atoms with Crippen LogP contribution in [0.1, 0.15) is 11.3 Å². The summed E-state index contributed by atoms with van der Waals surface area (Å²) in [6.07, 6.45) is 3.64. The standard InChI is InChI=1S/C11H17N5O2S/c1-9-5-11-14-7-10(8-16(11)15-9)6-13-3-4-19(17,18)12-2/h5,7-8,12-13H,3-4,6H2,1-2H3. The Morgan fingerprint density at radius 1 is 1.42 bits per heavy atom. The molecule has 2 heterocycles. The van der Waals surface area contributed by atoms with E-state index in [1.807, 2.05) is 19.2 Å². The smallest absolute Gasteiger partial charge is 0.212 e. The first-order valence-electron chi connectivity index (χ1n) is 5.93. The molecule has 0 spiro atoms. The van der Waals surface area contributed by atoms with E-state index in [1.165, 1.54) is 7.05 Å². The van der Waals surface area contributed by atoms with Crippen LogP contribution in [-0.4, -0.2) is 42.4 Å². The van der Waals surface area contributed by atoms with E-state index in [1.54, 1.807) is 10.7 Å². The summed E-state index contributed by atoms with van der Waals surface area (Å²) in [7, 11) is -1.74. The lowest BCUT2D eigenvalue weighted by molar-refractivity contribution is 0.583. The van der Waals surface area contributed by atoms with Crippen LogP contribution in [0.3, 0.4) is 0 Å². The van der Waals surface area contributed by atoms with Crippen molar-refractivity contribution in [2.24, 2.45) is 0 Å². The predicted octanol–water partition coefficient (Wildman–Crippen LogP) is -0.323. The Hall–Kier alpha value is -1.51. The maximum atomic E-state index is 11.2. The van der Waals surface area contributed by atoms with Crippen molar-refractivity contribution in [3.63, 3.8) is 0 Å². The van der Waals surface area contributed by atoms with Crippen molar-refractivity contribution in [2.45, 2.75) is 13.5 Å². The van der Waals surface area contributed by atoms with E-state index in [0.29, 0.717) is 13.1 Å². The molecule has 0 aliphatic heterocycles. The number of nitrogens with zero attached hydrogens (tertiary/aromatic N) is 3. The van der Waals surface area contributed by atoms with Crippen LogP contribution in [0.2, 0.25) is 0 Å². The van der Waals surface area contributed by atoms with Crippen LogP contribution < -0.4 is 10.0 Å². The lowest BCUT2D eigenvalue weighted by Crippen LogP contribution is -2.29. The minimum atomic E-state index is -3.15. The van der Waals surface area contributed by atoms with Gasteiger partial charge in [-0.15, -0.1) is 0 Å². The third-order valence-electron chi connectivity index (χ3n) is 2.68. The van der Waals surface area contributed by atoms with Gasteiger partial charge in [0.25, 0.3) is 0 Å². The van der Waals surface area contributed by atoms with Gasteiger partial charge in [0, 0.05) is 37.1 Å². The molecule has 0 amide bonds. The van der Waals surface area contributed by atoms with Gasteiger partial charge in [-0.1, -0.05) is 0 Å². The summed E-state index contributed by atoms with van der Waals surface area (Å²) in [6, 6.07) is 1.90. The molecule has 0 fully saturated rings. The van der Waals surface area contributed by atoms with E-state index < -0.39 is 10.0 Å². The fourth-order valence-corrected chi connectivity index (χ4v) is 2.28. The molecule has 0 saturated heterocycles. The van der Waals surface area contributed by atoms with Crippen LogP contribution in [0.5, 0.6) is 0 Å². The third kappa shape index (κ3) is 3.72. The maximum Gasteiger partial charge on any atom is 0.212 e. The summed E-state index contributed by atoms with van der Waals surface area (Å²) in [4.78, 5) is 4.28. The van der Waals surface area contributed by atoms with Crippen molar-refractivity contribution in [1.29, 1.82) is 0 Å². The van der Waals surface area contributed by atoms with Gasteiger partial charge in [-0.05, 0) is 14.0 Å². The Bertz CT molecular complexity index is 665. The van der Waals surface area contributed by atoms with Crippen LogP contribution in [0, 0.1) is 6.92 Å². The van der Waals surface area contributed by atoms with Crippen molar-refractivity contribution < 1.29 is 8.42 Å². The maximum absolute atomic E-state index is 11.2. The van der Waals surface area contributed by atoms with Gasteiger partial charge in [-0.3, -0.25) is 0 Å². The number of fused-ring (bicyclic) bond motifs is 1. The third-order valence-corrected chi connectivity index (χ3v) is 4.04. The van der Waals surface area contributed by atoms with Crippen molar-refractivity contribution in [2.75, 3.05) is 19.3 Å². The number of hydrogen-bond donors (Lipinski definition) is 2. The Kier molecular flexibility index (Phi) is 4.13. The van der Waals surface area contributed by atoms with Crippen molar-refractivity contribution in [3.8, 4) is 0 Å². The van der Waals surface area contributed by atoms with E-state index in [4.69, 9.17) is 0 Å². The van der Waals surface area contributed by atoms with Gasteiger partial charge in [-0.2, -0.15) is 5.10 Å².